The zero-order valence-electron chi connectivity index (χ0n) is 19.8. The van der Waals surface area contributed by atoms with Crippen LogP contribution in [0.5, 0.6) is 0 Å². The fraction of sp³-hybridized carbons (Fsp3) is 0.423. The zero-order valence-corrected chi connectivity index (χ0v) is 19.8. The SMILES string of the molecule is CNC(C)C(=O)NC(C(=O)N1Cc2ccccc2C1C(=O)Nc1c(F)cccc1F)C1CCCC1. The maximum atomic E-state index is 14.2. The summed E-state index contributed by atoms with van der Waals surface area (Å²) in [6.07, 6.45) is 3.51. The molecule has 0 aromatic heterocycles. The topological polar surface area (TPSA) is 90.5 Å². The number of likely N-dealkylation sites (N-methyl/N-ethyl adjacent to an activating group) is 1. The maximum absolute atomic E-state index is 14.2. The lowest BCUT2D eigenvalue weighted by Crippen LogP contribution is -2.55. The quantitative estimate of drug-likeness (QED) is 0.563. The number of hydrogen-bond acceptors (Lipinski definition) is 4. The van der Waals surface area contributed by atoms with E-state index in [-0.39, 0.29) is 24.3 Å². The number of fused-ring (bicyclic) bond motifs is 1. The third-order valence-corrected chi connectivity index (χ3v) is 7.01. The Morgan fingerprint density at radius 1 is 1.00 bits per heavy atom. The van der Waals surface area contributed by atoms with E-state index < -0.39 is 41.4 Å². The number of carbonyl (C=O) groups is 3. The Labute approximate surface area is 203 Å². The normalized spacial score (nSPS) is 19.2. The van der Waals surface area contributed by atoms with Gasteiger partial charge in [-0.15, -0.1) is 0 Å². The molecule has 3 N–H and O–H groups in total. The summed E-state index contributed by atoms with van der Waals surface area (Å²) in [7, 11) is 1.66. The van der Waals surface area contributed by atoms with Gasteiger partial charge in [0.25, 0.3) is 5.91 Å². The Bertz CT molecular complexity index is 1100. The molecule has 4 rings (SSSR count). The van der Waals surface area contributed by atoms with E-state index in [1.165, 1.54) is 11.0 Å². The number of para-hydroxylation sites is 1. The highest BCUT2D eigenvalue weighted by Crippen LogP contribution is 2.37. The molecule has 3 unspecified atom stereocenters. The molecule has 1 aliphatic heterocycles. The second-order valence-electron chi connectivity index (χ2n) is 9.19. The summed E-state index contributed by atoms with van der Waals surface area (Å²) in [4.78, 5) is 41.4. The van der Waals surface area contributed by atoms with Crippen LogP contribution in [0.4, 0.5) is 14.5 Å². The highest BCUT2D eigenvalue weighted by molar-refractivity contribution is 6.00. The highest BCUT2D eigenvalue weighted by atomic mass is 19.1. The van der Waals surface area contributed by atoms with E-state index in [1.54, 1.807) is 26.1 Å². The molecule has 1 heterocycles. The maximum Gasteiger partial charge on any atom is 0.252 e. The number of halogens is 2. The molecular formula is C26H30F2N4O3. The molecule has 1 fully saturated rings. The van der Waals surface area contributed by atoms with Crippen molar-refractivity contribution in [3.05, 3.63) is 65.2 Å². The van der Waals surface area contributed by atoms with Crippen molar-refractivity contribution < 1.29 is 23.2 Å². The fourth-order valence-electron chi connectivity index (χ4n) is 4.94. The third kappa shape index (κ3) is 5.05. The smallest absolute Gasteiger partial charge is 0.252 e. The van der Waals surface area contributed by atoms with Crippen LogP contribution in [-0.2, 0) is 20.9 Å². The van der Waals surface area contributed by atoms with Gasteiger partial charge in [0.1, 0.15) is 29.4 Å². The minimum absolute atomic E-state index is 0.0491. The Hall–Kier alpha value is -3.33. The minimum atomic E-state index is -1.08. The number of amides is 3. The monoisotopic (exact) mass is 484 g/mol. The van der Waals surface area contributed by atoms with Gasteiger partial charge >= 0.3 is 0 Å². The molecule has 3 amide bonds. The van der Waals surface area contributed by atoms with Crippen LogP contribution in [0.3, 0.4) is 0 Å². The summed E-state index contributed by atoms with van der Waals surface area (Å²) in [5, 5.41) is 8.11. The molecule has 2 aromatic rings. The first-order valence-corrected chi connectivity index (χ1v) is 11.9. The van der Waals surface area contributed by atoms with E-state index >= 15 is 0 Å². The van der Waals surface area contributed by atoms with Crippen molar-refractivity contribution in [3.63, 3.8) is 0 Å². The Morgan fingerprint density at radius 3 is 2.31 bits per heavy atom. The van der Waals surface area contributed by atoms with Crippen LogP contribution < -0.4 is 16.0 Å². The van der Waals surface area contributed by atoms with Crippen molar-refractivity contribution in [2.45, 2.75) is 57.3 Å². The van der Waals surface area contributed by atoms with Gasteiger partial charge in [0.15, 0.2) is 0 Å². The summed E-state index contributed by atoms with van der Waals surface area (Å²) >= 11 is 0. The standard InChI is InChI=1S/C26H30F2N4O3/c1-15(29-2)24(33)30-21(16-8-3-4-9-16)26(35)32-14-17-10-5-6-11-18(17)23(32)25(34)31-22-19(27)12-7-13-20(22)28/h5-7,10-13,15-16,21,23,29H,3-4,8-9,14H2,1-2H3,(H,30,33)(H,31,34). The van der Waals surface area contributed by atoms with Crippen molar-refractivity contribution >= 4 is 23.4 Å². The lowest BCUT2D eigenvalue weighted by Gasteiger charge is -2.32. The minimum Gasteiger partial charge on any atom is -0.343 e. The number of nitrogens with one attached hydrogen (secondary N) is 3. The molecule has 35 heavy (non-hydrogen) atoms. The Morgan fingerprint density at radius 2 is 1.66 bits per heavy atom. The largest absolute Gasteiger partial charge is 0.343 e. The number of hydrogen-bond donors (Lipinski definition) is 3. The van der Waals surface area contributed by atoms with Crippen molar-refractivity contribution in [2.75, 3.05) is 12.4 Å². The number of rotatable bonds is 7. The van der Waals surface area contributed by atoms with Crippen LogP contribution in [0.1, 0.15) is 49.8 Å². The van der Waals surface area contributed by atoms with Gasteiger partial charge in [0.05, 0.1) is 6.04 Å². The number of benzene rings is 2. The van der Waals surface area contributed by atoms with Gasteiger partial charge in [-0.2, -0.15) is 0 Å². The molecule has 1 aliphatic carbocycles. The van der Waals surface area contributed by atoms with Crippen LogP contribution in [0.2, 0.25) is 0 Å². The van der Waals surface area contributed by atoms with Gasteiger partial charge in [-0.3, -0.25) is 14.4 Å². The van der Waals surface area contributed by atoms with E-state index in [0.717, 1.165) is 43.4 Å². The summed E-state index contributed by atoms with van der Waals surface area (Å²) in [5.74, 6) is -3.25. The van der Waals surface area contributed by atoms with Crippen molar-refractivity contribution in [1.29, 1.82) is 0 Å². The summed E-state index contributed by atoms with van der Waals surface area (Å²) in [5.41, 5.74) is 0.808. The summed E-state index contributed by atoms with van der Waals surface area (Å²) in [6.45, 7) is 1.87. The number of carbonyl (C=O) groups excluding carboxylic acids is 3. The average molecular weight is 485 g/mol. The molecule has 0 bridgehead atoms. The predicted molar refractivity (Wildman–Crippen MR) is 127 cm³/mol. The lowest BCUT2D eigenvalue weighted by atomic mass is 9.95. The summed E-state index contributed by atoms with van der Waals surface area (Å²) in [6, 6.07) is 8.06. The van der Waals surface area contributed by atoms with Gasteiger partial charge in [0, 0.05) is 6.54 Å². The van der Waals surface area contributed by atoms with Gasteiger partial charge in [-0.05, 0) is 56.0 Å². The van der Waals surface area contributed by atoms with E-state index in [0.29, 0.717) is 5.56 Å². The molecule has 2 aliphatic rings. The third-order valence-electron chi connectivity index (χ3n) is 7.01. The second-order valence-corrected chi connectivity index (χ2v) is 9.19. The molecule has 9 heteroatoms. The van der Waals surface area contributed by atoms with Crippen molar-refractivity contribution in [3.8, 4) is 0 Å². The second kappa shape index (κ2) is 10.5. The van der Waals surface area contributed by atoms with Crippen LogP contribution in [0.25, 0.3) is 0 Å². The van der Waals surface area contributed by atoms with Crippen LogP contribution in [0.15, 0.2) is 42.5 Å². The predicted octanol–water partition coefficient (Wildman–Crippen LogP) is 3.27. The first-order valence-electron chi connectivity index (χ1n) is 11.9. The molecule has 0 spiro atoms. The van der Waals surface area contributed by atoms with Gasteiger partial charge in [0.2, 0.25) is 11.8 Å². The fourth-order valence-corrected chi connectivity index (χ4v) is 4.94. The van der Waals surface area contributed by atoms with Crippen molar-refractivity contribution in [2.24, 2.45) is 5.92 Å². The Balaban J connectivity index is 1.65. The van der Waals surface area contributed by atoms with Gasteiger partial charge < -0.3 is 20.9 Å². The van der Waals surface area contributed by atoms with Crippen molar-refractivity contribution in [1.82, 2.24) is 15.5 Å². The van der Waals surface area contributed by atoms with Crippen LogP contribution in [-0.4, -0.2) is 41.8 Å². The highest BCUT2D eigenvalue weighted by Gasteiger charge is 2.44. The molecule has 1 saturated carbocycles. The molecule has 186 valence electrons. The van der Waals surface area contributed by atoms with E-state index in [1.807, 2.05) is 12.1 Å². The lowest BCUT2D eigenvalue weighted by molar-refractivity contribution is -0.143. The van der Waals surface area contributed by atoms with Gasteiger partial charge in [-0.1, -0.05) is 43.2 Å². The molecule has 0 radical (unpaired) electrons. The molecule has 7 nitrogen and oxygen atoms in total. The van der Waals surface area contributed by atoms with E-state index in [2.05, 4.69) is 16.0 Å². The zero-order chi connectivity index (χ0) is 25.1. The van der Waals surface area contributed by atoms with Crippen LogP contribution >= 0.6 is 0 Å². The molecule has 0 saturated heterocycles. The molecule has 2 aromatic carbocycles. The number of anilines is 1. The molecular weight excluding hydrogens is 454 g/mol. The Kier molecular flexibility index (Phi) is 7.45. The van der Waals surface area contributed by atoms with E-state index in [4.69, 9.17) is 0 Å². The first kappa shape index (κ1) is 24.8. The first-order chi connectivity index (χ1) is 16.8. The summed E-state index contributed by atoms with van der Waals surface area (Å²) < 4.78 is 28.5. The molecule has 3 atom stereocenters. The van der Waals surface area contributed by atoms with Crippen LogP contribution in [0, 0.1) is 17.6 Å². The van der Waals surface area contributed by atoms with E-state index in [9.17, 15) is 23.2 Å². The number of nitrogens with zero attached hydrogens (tertiary/aromatic N) is 1. The average Bonchev–Trinajstić information content (AvgIpc) is 3.52. The van der Waals surface area contributed by atoms with Gasteiger partial charge in [-0.25, -0.2) is 8.78 Å².